The van der Waals surface area contributed by atoms with E-state index in [4.69, 9.17) is 18.6 Å². The third-order valence-electron chi connectivity index (χ3n) is 14.8. The Morgan fingerprint density at radius 2 is 1.01 bits per heavy atom. The predicted molar refractivity (Wildman–Crippen MR) is 335 cm³/mol. The molecule has 0 spiro atoms. The molecule has 0 saturated heterocycles. The lowest BCUT2D eigenvalue weighted by Crippen LogP contribution is -2.45. The Labute approximate surface area is 478 Å². The number of rotatable bonds is 27. The summed E-state index contributed by atoms with van der Waals surface area (Å²) in [6.07, 6.45) is 17.5. The monoisotopic (exact) mass is 1160 g/mol. The number of ether oxygens (including phenoxy) is 2. The van der Waals surface area contributed by atoms with Crippen molar-refractivity contribution in [3.05, 3.63) is 101 Å². The van der Waals surface area contributed by atoms with Crippen LogP contribution < -0.4 is 0 Å². The van der Waals surface area contributed by atoms with E-state index in [2.05, 4.69) is 134 Å². The SMILES string of the molecule is C.C.C=C[C@@H](C)[C@H](CCCC(=O)OC)O[Si](C)(C)C(C)(C)C.CCCCCC(=O)c1nc(/C=C/[C@@H](C)[C@H](CCCC(=O)OC)O[Si](C)(C)C(C)(C)C)cc2ccccc12.CCCCCC(=O)c1nc(Br)cc2ccccc12. The van der Waals surface area contributed by atoms with Crippen LogP contribution in [-0.2, 0) is 27.9 Å². The van der Waals surface area contributed by atoms with Crippen molar-refractivity contribution < 1.29 is 37.5 Å². The van der Waals surface area contributed by atoms with Crippen LogP contribution in [0.2, 0.25) is 36.3 Å². The molecular formula is C64H103BrN2O8Si2. The van der Waals surface area contributed by atoms with Gasteiger partial charge in [-0.05, 0) is 132 Å². The van der Waals surface area contributed by atoms with E-state index in [-0.39, 0.29) is 66.6 Å². The first-order valence-corrected chi connectivity index (χ1v) is 34.1. The number of ketones is 2. The van der Waals surface area contributed by atoms with Gasteiger partial charge >= 0.3 is 11.9 Å². The highest BCUT2D eigenvalue weighted by molar-refractivity contribution is 9.10. The van der Waals surface area contributed by atoms with Crippen molar-refractivity contribution in [3.8, 4) is 0 Å². The number of carbonyl (C=O) groups is 4. The summed E-state index contributed by atoms with van der Waals surface area (Å²) in [5.41, 5.74) is 1.94. The zero-order valence-electron chi connectivity index (χ0n) is 49.0. The Kier molecular flexibility index (Phi) is 33.6. The number of pyridine rings is 2. The number of carbonyl (C=O) groups excluding carboxylic acids is 4. The summed E-state index contributed by atoms with van der Waals surface area (Å²) >= 11 is 3.37. The van der Waals surface area contributed by atoms with Gasteiger partial charge in [0.1, 0.15) is 16.0 Å². The maximum absolute atomic E-state index is 13.0. The van der Waals surface area contributed by atoms with Crippen LogP contribution in [0.3, 0.4) is 0 Å². The number of esters is 2. The third kappa shape index (κ3) is 24.8. The number of halogens is 1. The quantitative estimate of drug-likeness (QED) is 0.0142. The van der Waals surface area contributed by atoms with Gasteiger partial charge in [-0.2, -0.15) is 0 Å². The van der Waals surface area contributed by atoms with Crippen LogP contribution in [0, 0.1) is 11.8 Å². The van der Waals surface area contributed by atoms with Gasteiger partial charge < -0.3 is 18.3 Å². The van der Waals surface area contributed by atoms with Gasteiger partial charge in [-0.1, -0.05) is 170 Å². The molecule has 4 atom stereocenters. The minimum atomic E-state index is -2.01. The number of aromatic nitrogens is 2. The number of Topliss-reactive ketones (excluding diaryl/α,β-unsaturated/α-hetero) is 2. The van der Waals surface area contributed by atoms with E-state index >= 15 is 0 Å². The molecule has 0 N–H and O–H groups in total. The second-order valence-corrected chi connectivity index (χ2v) is 33.3. The van der Waals surface area contributed by atoms with Gasteiger partial charge in [0.05, 0.1) is 32.1 Å². The largest absolute Gasteiger partial charge is 0.469 e. The van der Waals surface area contributed by atoms with E-state index in [0.29, 0.717) is 43.0 Å². The third-order valence-corrected chi connectivity index (χ3v) is 24.2. The molecule has 0 radical (unpaired) electrons. The van der Waals surface area contributed by atoms with Crippen LogP contribution in [0.15, 0.2) is 84.0 Å². The van der Waals surface area contributed by atoms with Gasteiger partial charge in [-0.25, -0.2) is 9.97 Å². The maximum atomic E-state index is 13.0. The van der Waals surface area contributed by atoms with E-state index in [1.165, 1.54) is 14.2 Å². The van der Waals surface area contributed by atoms with Crippen molar-refractivity contribution in [2.24, 2.45) is 11.8 Å². The van der Waals surface area contributed by atoms with Crippen LogP contribution in [0.4, 0.5) is 0 Å². The summed E-state index contributed by atoms with van der Waals surface area (Å²) < 4.78 is 23.5. The van der Waals surface area contributed by atoms with Crippen molar-refractivity contribution in [1.82, 2.24) is 9.97 Å². The second-order valence-electron chi connectivity index (χ2n) is 23.0. The van der Waals surface area contributed by atoms with Crippen LogP contribution >= 0.6 is 15.9 Å². The second kappa shape index (κ2) is 35.5. The molecule has 13 heteroatoms. The molecule has 10 nitrogen and oxygen atoms in total. The summed E-state index contributed by atoms with van der Waals surface area (Å²) in [7, 11) is -0.951. The highest BCUT2D eigenvalue weighted by Gasteiger charge is 2.41. The van der Waals surface area contributed by atoms with Gasteiger partial charge in [0.15, 0.2) is 28.2 Å². The van der Waals surface area contributed by atoms with E-state index < -0.39 is 16.6 Å². The average Bonchev–Trinajstić information content (AvgIpc) is 3.36. The van der Waals surface area contributed by atoms with E-state index in [1.54, 1.807) is 0 Å². The lowest BCUT2D eigenvalue weighted by molar-refractivity contribution is -0.141. The van der Waals surface area contributed by atoms with Crippen LogP contribution in [0.5, 0.6) is 0 Å². The van der Waals surface area contributed by atoms with E-state index in [1.807, 2.05) is 72.8 Å². The number of nitrogens with zero attached hydrogens (tertiary/aromatic N) is 2. The highest BCUT2D eigenvalue weighted by Crippen LogP contribution is 2.40. The summed E-state index contributed by atoms with van der Waals surface area (Å²) in [5, 5.41) is 4.21. The van der Waals surface area contributed by atoms with Crippen molar-refractivity contribution in [2.75, 3.05) is 14.2 Å². The topological polar surface area (TPSA) is 131 Å². The number of hydrogen-bond acceptors (Lipinski definition) is 10. The molecule has 0 saturated carbocycles. The summed E-state index contributed by atoms with van der Waals surface area (Å²) in [6, 6.07) is 19.8. The normalized spacial score (nSPS) is 13.4. The lowest BCUT2D eigenvalue weighted by Gasteiger charge is -2.40. The fourth-order valence-electron chi connectivity index (χ4n) is 7.80. The molecule has 0 aliphatic rings. The minimum Gasteiger partial charge on any atom is -0.469 e. The zero-order valence-corrected chi connectivity index (χ0v) is 52.5. The molecule has 0 unspecified atom stereocenters. The number of fused-ring (bicyclic) bond motifs is 2. The molecular weight excluding hydrogens is 1060 g/mol. The first-order chi connectivity index (χ1) is 35.2. The summed E-state index contributed by atoms with van der Waals surface area (Å²) in [4.78, 5) is 57.3. The number of benzene rings is 2. The molecule has 432 valence electrons. The molecule has 0 aliphatic carbocycles. The molecule has 77 heavy (non-hydrogen) atoms. The number of hydrogen-bond donors (Lipinski definition) is 0. The minimum absolute atomic E-state index is 0. The van der Waals surface area contributed by atoms with E-state index in [0.717, 1.165) is 96.1 Å². The highest BCUT2D eigenvalue weighted by atomic mass is 79.9. The fraction of sp³-hybridized carbons (Fsp3) is 0.594. The Hall–Kier alpha value is -4.15. The maximum Gasteiger partial charge on any atom is 0.305 e. The van der Waals surface area contributed by atoms with E-state index in [9.17, 15) is 19.2 Å². The van der Waals surface area contributed by atoms with Crippen molar-refractivity contribution in [1.29, 1.82) is 0 Å². The summed E-state index contributed by atoms with van der Waals surface area (Å²) in [5.74, 6) is 0.314. The number of unbranched alkanes of at least 4 members (excludes halogenated alkanes) is 4. The molecule has 2 aromatic heterocycles. The molecule has 0 aliphatic heterocycles. The Morgan fingerprint density at radius 3 is 1.42 bits per heavy atom. The fourth-order valence-corrected chi connectivity index (χ4v) is 11.1. The van der Waals surface area contributed by atoms with Gasteiger partial charge in [-0.15, -0.1) is 6.58 Å². The van der Waals surface area contributed by atoms with Gasteiger partial charge in [0, 0.05) is 36.5 Å². The number of methoxy groups -OCH3 is 2. The Balaban J connectivity index is 0.00000122. The smallest absolute Gasteiger partial charge is 0.305 e. The molecule has 0 fully saturated rings. The summed E-state index contributed by atoms with van der Waals surface area (Å²) in [6.45, 7) is 34.9. The van der Waals surface area contributed by atoms with Crippen molar-refractivity contribution in [3.63, 3.8) is 0 Å². The molecule has 0 bridgehead atoms. The standard InChI is InChI=1S/C31H47NO4Si.C16H32O3Si.C15H16BrNO.2CH4/c1-9-10-11-17-27(33)30-26-16-13-12-15-24(26)22-25(32-30)21-20-23(2)28(18-14-19-29(34)35-6)36-37(7,8)31(3,4)5;1-9-13(2)14(11-10-12-15(17)18-6)19-20(7,8)16(3,4)5;1-2-3-4-9-13(18)15-12-8-6-5-7-11(12)10-14(16)17-15;;/h12-13,15-16,20-23,28H,9-11,14,17-19H2,1-8H3;9,13-14H,1,10-12H2,2-8H3;5-8,10H,2-4,9H2,1H3;2*1H4/b21-20+;;;;/t23-,28+;13-,14+;;;/m11.../s1. The van der Waals surface area contributed by atoms with Crippen LogP contribution in [0.1, 0.15) is 201 Å². The van der Waals surface area contributed by atoms with Crippen molar-refractivity contribution >= 4 is 83.7 Å². The zero-order chi connectivity index (χ0) is 56.6. The average molecular weight is 1160 g/mol. The molecule has 4 aromatic rings. The molecule has 4 rings (SSSR count). The molecule has 2 heterocycles. The van der Waals surface area contributed by atoms with Crippen LogP contribution in [-0.4, -0.2) is 76.5 Å². The first kappa shape index (κ1) is 72.9. The Morgan fingerprint density at radius 1 is 0.610 bits per heavy atom. The first-order valence-electron chi connectivity index (χ1n) is 27.5. The van der Waals surface area contributed by atoms with Gasteiger partial charge in [0.25, 0.3) is 0 Å². The van der Waals surface area contributed by atoms with Crippen LogP contribution in [0.25, 0.3) is 27.6 Å². The lowest BCUT2D eigenvalue weighted by atomic mass is 9.98. The van der Waals surface area contributed by atoms with Gasteiger partial charge in [-0.3, -0.25) is 19.2 Å². The predicted octanol–water partition coefficient (Wildman–Crippen LogP) is 19.0. The Bertz CT molecular complexity index is 2460. The van der Waals surface area contributed by atoms with Crippen molar-refractivity contribution in [2.45, 2.75) is 222 Å². The van der Waals surface area contributed by atoms with Gasteiger partial charge in [0.2, 0.25) is 0 Å². The molecule has 2 aromatic carbocycles. The molecule has 0 amide bonds.